The second-order valence-corrected chi connectivity index (χ2v) is 5.50. The third-order valence-electron chi connectivity index (χ3n) is 3.06. The Morgan fingerprint density at radius 1 is 1.38 bits per heavy atom. The third kappa shape index (κ3) is 2.57. The van der Waals surface area contributed by atoms with Crippen molar-refractivity contribution in [3.8, 4) is 10.6 Å². The zero-order chi connectivity index (χ0) is 14.8. The van der Waals surface area contributed by atoms with Crippen molar-refractivity contribution >= 4 is 22.2 Å². The summed E-state index contributed by atoms with van der Waals surface area (Å²) >= 11 is 1.47. The minimum Gasteiger partial charge on any atom is -0.472 e. The van der Waals surface area contributed by atoms with Gasteiger partial charge in [0.1, 0.15) is 16.3 Å². The molecule has 0 aromatic carbocycles. The van der Waals surface area contributed by atoms with Crippen molar-refractivity contribution in [2.24, 2.45) is 0 Å². The number of amides is 1. The number of carbonyl (C=O) groups excluding carboxylic acids is 1. The van der Waals surface area contributed by atoms with Crippen LogP contribution in [-0.2, 0) is 0 Å². The highest BCUT2D eigenvalue weighted by atomic mass is 32.1. The largest absolute Gasteiger partial charge is 0.472 e. The van der Waals surface area contributed by atoms with Gasteiger partial charge in [-0.2, -0.15) is 0 Å². The van der Waals surface area contributed by atoms with Gasteiger partial charge in [-0.05, 0) is 25.1 Å². The number of carbonyl (C=O) groups is 1. The number of nitrogens with zero attached hydrogens (tertiary/aromatic N) is 3. The maximum absolute atomic E-state index is 12.3. The van der Waals surface area contributed by atoms with E-state index in [0.717, 1.165) is 21.3 Å². The molecule has 0 spiro atoms. The van der Waals surface area contributed by atoms with E-state index >= 15 is 0 Å². The van der Waals surface area contributed by atoms with Crippen molar-refractivity contribution in [1.82, 2.24) is 9.97 Å². The Kier molecular flexibility index (Phi) is 3.53. The van der Waals surface area contributed by atoms with Crippen molar-refractivity contribution in [3.05, 3.63) is 54.4 Å². The van der Waals surface area contributed by atoms with Gasteiger partial charge in [-0.25, -0.2) is 4.98 Å². The number of hydrogen-bond acceptors (Lipinski definition) is 5. The number of hydrogen-bond donors (Lipinski definition) is 0. The first-order valence-electron chi connectivity index (χ1n) is 6.35. The van der Waals surface area contributed by atoms with Crippen LogP contribution in [0.15, 0.2) is 47.5 Å². The summed E-state index contributed by atoms with van der Waals surface area (Å²) in [7, 11) is 1.74. The fraction of sp³-hybridized carbons (Fsp3) is 0.133. The normalized spacial score (nSPS) is 10.6. The van der Waals surface area contributed by atoms with Gasteiger partial charge >= 0.3 is 0 Å². The molecule has 0 N–H and O–H groups in total. The lowest BCUT2D eigenvalue weighted by molar-refractivity contribution is 0.0993. The molecule has 0 fully saturated rings. The Hall–Kier alpha value is -2.47. The second kappa shape index (κ2) is 5.49. The van der Waals surface area contributed by atoms with E-state index in [1.54, 1.807) is 30.4 Å². The molecule has 0 saturated carbocycles. The first-order chi connectivity index (χ1) is 10.2. The van der Waals surface area contributed by atoms with Crippen LogP contribution >= 0.6 is 11.3 Å². The van der Waals surface area contributed by atoms with E-state index in [9.17, 15) is 4.79 Å². The summed E-state index contributed by atoms with van der Waals surface area (Å²) in [5.74, 6) is -0.117. The van der Waals surface area contributed by atoms with Crippen LogP contribution in [0.2, 0.25) is 0 Å². The van der Waals surface area contributed by atoms with Gasteiger partial charge < -0.3 is 9.32 Å². The Labute approximate surface area is 125 Å². The van der Waals surface area contributed by atoms with Gasteiger partial charge in [0.15, 0.2) is 0 Å². The number of furan rings is 1. The number of aromatic nitrogens is 2. The second-order valence-electron chi connectivity index (χ2n) is 4.53. The molecule has 0 aliphatic heterocycles. The van der Waals surface area contributed by atoms with Gasteiger partial charge in [-0.1, -0.05) is 11.3 Å². The lowest BCUT2D eigenvalue weighted by Crippen LogP contribution is -2.25. The van der Waals surface area contributed by atoms with Crippen LogP contribution in [0.1, 0.15) is 16.1 Å². The molecule has 0 bridgehead atoms. The highest BCUT2D eigenvalue weighted by Gasteiger charge is 2.20. The van der Waals surface area contributed by atoms with E-state index in [1.807, 2.05) is 19.1 Å². The van der Waals surface area contributed by atoms with Crippen LogP contribution in [-0.4, -0.2) is 22.9 Å². The summed E-state index contributed by atoms with van der Waals surface area (Å²) in [5, 5.41) is 1.67. The zero-order valence-corrected chi connectivity index (χ0v) is 12.4. The fourth-order valence-electron chi connectivity index (χ4n) is 1.98. The smallest absolute Gasteiger partial charge is 0.261 e. The molecule has 0 aliphatic rings. The Balaban J connectivity index is 1.93. The molecule has 3 heterocycles. The third-order valence-corrected chi connectivity index (χ3v) is 4.34. The van der Waals surface area contributed by atoms with E-state index in [4.69, 9.17) is 4.42 Å². The summed E-state index contributed by atoms with van der Waals surface area (Å²) < 4.78 is 4.96. The number of thiazole rings is 1. The van der Waals surface area contributed by atoms with E-state index in [1.165, 1.54) is 23.9 Å². The van der Waals surface area contributed by atoms with Gasteiger partial charge in [0, 0.05) is 25.0 Å². The van der Waals surface area contributed by atoms with E-state index in [2.05, 4.69) is 9.97 Å². The summed E-state index contributed by atoms with van der Waals surface area (Å²) in [5.41, 5.74) is 2.28. The predicted molar refractivity (Wildman–Crippen MR) is 81.5 cm³/mol. The van der Waals surface area contributed by atoms with Crippen LogP contribution < -0.4 is 4.90 Å². The molecule has 0 radical (unpaired) electrons. The molecule has 0 atom stereocenters. The predicted octanol–water partition coefficient (Wildman–Crippen LogP) is 3.38. The monoisotopic (exact) mass is 299 g/mol. The lowest BCUT2D eigenvalue weighted by Gasteiger charge is -2.14. The SMILES string of the molecule is Cc1nc(-c2cccnc2)sc1N(C)C(=O)c1ccoc1. The van der Waals surface area contributed by atoms with Gasteiger partial charge in [0.25, 0.3) is 5.91 Å². The molecule has 0 aliphatic carbocycles. The molecule has 1 amide bonds. The molecule has 0 unspecified atom stereocenters. The van der Waals surface area contributed by atoms with E-state index in [0.29, 0.717) is 5.56 Å². The molecule has 5 nitrogen and oxygen atoms in total. The molecular formula is C15H13N3O2S. The van der Waals surface area contributed by atoms with Crippen molar-refractivity contribution in [2.45, 2.75) is 6.92 Å². The van der Waals surface area contributed by atoms with Crippen molar-refractivity contribution in [1.29, 1.82) is 0 Å². The first-order valence-corrected chi connectivity index (χ1v) is 7.16. The topological polar surface area (TPSA) is 59.2 Å². The Bertz CT molecular complexity index is 751. The molecule has 0 saturated heterocycles. The maximum Gasteiger partial charge on any atom is 0.261 e. The van der Waals surface area contributed by atoms with Gasteiger partial charge in [-0.15, -0.1) is 0 Å². The van der Waals surface area contributed by atoms with Crippen molar-refractivity contribution < 1.29 is 9.21 Å². The van der Waals surface area contributed by atoms with Crippen molar-refractivity contribution in [2.75, 3.05) is 11.9 Å². The van der Waals surface area contributed by atoms with Crippen LogP contribution in [0.3, 0.4) is 0 Å². The van der Waals surface area contributed by atoms with Gasteiger partial charge in [0.2, 0.25) is 0 Å². The molecule has 3 aromatic heterocycles. The number of pyridine rings is 1. The maximum atomic E-state index is 12.3. The average molecular weight is 299 g/mol. The van der Waals surface area contributed by atoms with Gasteiger partial charge in [0.05, 0.1) is 17.5 Å². The molecule has 3 rings (SSSR count). The Morgan fingerprint density at radius 2 is 2.24 bits per heavy atom. The average Bonchev–Trinajstić information content (AvgIpc) is 3.16. The standard InChI is InChI=1S/C15H13N3O2S/c1-10-15(18(2)14(19)12-5-7-20-9-12)21-13(17-10)11-4-3-6-16-8-11/h3-9H,1-2H3. The molecular weight excluding hydrogens is 286 g/mol. The molecule has 21 heavy (non-hydrogen) atoms. The number of anilines is 1. The highest BCUT2D eigenvalue weighted by molar-refractivity contribution is 7.19. The summed E-state index contributed by atoms with van der Waals surface area (Å²) in [6, 6.07) is 5.47. The minimum absolute atomic E-state index is 0.117. The van der Waals surface area contributed by atoms with Crippen LogP contribution in [0, 0.1) is 6.92 Å². The molecule has 3 aromatic rings. The minimum atomic E-state index is -0.117. The zero-order valence-electron chi connectivity index (χ0n) is 11.6. The molecule has 106 valence electrons. The van der Waals surface area contributed by atoms with E-state index < -0.39 is 0 Å². The molecule has 6 heteroatoms. The van der Waals surface area contributed by atoms with E-state index in [-0.39, 0.29) is 5.91 Å². The van der Waals surface area contributed by atoms with Crippen LogP contribution in [0.4, 0.5) is 5.00 Å². The van der Waals surface area contributed by atoms with Crippen LogP contribution in [0.5, 0.6) is 0 Å². The Morgan fingerprint density at radius 3 is 2.90 bits per heavy atom. The fourth-order valence-corrected chi connectivity index (χ4v) is 3.00. The lowest BCUT2D eigenvalue weighted by atomic mass is 10.3. The number of rotatable bonds is 3. The highest BCUT2D eigenvalue weighted by Crippen LogP contribution is 2.34. The summed E-state index contributed by atoms with van der Waals surface area (Å²) in [4.78, 5) is 22.6. The van der Waals surface area contributed by atoms with Crippen molar-refractivity contribution in [3.63, 3.8) is 0 Å². The quantitative estimate of drug-likeness (QED) is 0.744. The van der Waals surface area contributed by atoms with Gasteiger partial charge in [-0.3, -0.25) is 9.78 Å². The number of aryl methyl sites for hydroxylation is 1. The first kappa shape index (κ1) is 13.5. The summed E-state index contributed by atoms with van der Waals surface area (Å²) in [6.07, 6.45) is 6.41. The van der Waals surface area contributed by atoms with Crippen LogP contribution in [0.25, 0.3) is 10.6 Å². The summed E-state index contributed by atoms with van der Waals surface area (Å²) in [6.45, 7) is 1.89.